The third-order valence-corrected chi connectivity index (χ3v) is 1.85. The number of nitrogens with one attached hydrogen (secondary N) is 1. The number of aromatic carboxylic acids is 1. The van der Waals surface area contributed by atoms with Crippen LogP contribution < -0.4 is 11.1 Å². The maximum absolute atomic E-state index is 10.8. The molecule has 0 aromatic carbocycles. The van der Waals surface area contributed by atoms with Crippen LogP contribution in [0.5, 0.6) is 0 Å². The van der Waals surface area contributed by atoms with Crippen LogP contribution in [0, 0.1) is 0 Å². The van der Waals surface area contributed by atoms with Crippen molar-refractivity contribution in [1.82, 2.24) is 4.98 Å². The standard InChI is InChI=1S/C9H11N3O3/c1-5(8(10)13)12-7-2-3-11-4-6(7)9(14)15/h2-5H,1H3,(H2,10,13)(H,11,12)(H,14,15). The van der Waals surface area contributed by atoms with Crippen molar-refractivity contribution >= 4 is 17.6 Å². The van der Waals surface area contributed by atoms with Crippen LogP contribution in [0.4, 0.5) is 5.69 Å². The summed E-state index contributed by atoms with van der Waals surface area (Å²) < 4.78 is 0. The first-order chi connectivity index (χ1) is 7.02. The van der Waals surface area contributed by atoms with Crippen LogP contribution in [0.25, 0.3) is 0 Å². The van der Waals surface area contributed by atoms with Gasteiger partial charge in [-0.3, -0.25) is 9.78 Å². The molecule has 0 aliphatic carbocycles. The first-order valence-corrected chi connectivity index (χ1v) is 4.25. The number of carbonyl (C=O) groups is 2. The SMILES string of the molecule is CC(Nc1ccncc1C(=O)O)C(N)=O. The monoisotopic (exact) mass is 209 g/mol. The number of carboxylic acid groups (broad SMARTS) is 1. The van der Waals surface area contributed by atoms with Crippen molar-refractivity contribution in [3.05, 3.63) is 24.0 Å². The molecule has 1 amide bonds. The number of rotatable bonds is 4. The van der Waals surface area contributed by atoms with E-state index in [0.717, 1.165) is 0 Å². The van der Waals surface area contributed by atoms with Gasteiger partial charge in [-0.1, -0.05) is 0 Å². The highest BCUT2D eigenvalue weighted by Gasteiger charge is 2.14. The van der Waals surface area contributed by atoms with E-state index in [4.69, 9.17) is 10.8 Å². The van der Waals surface area contributed by atoms with Crippen molar-refractivity contribution in [1.29, 1.82) is 0 Å². The van der Waals surface area contributed by atoms with E-state index in [9.17, 15) is 9.59 Å². The van der Waals surface area contributed by atoms with E-state index in [-0.39, 0.29) is 5.56 Å². The average molecular weight is 209 g/mol. The topological polar surface area (TPSA) is 105 Å². The highest BCUT2D eigenvalue weighted by molar-refractivity contribution is 5.94. The zero-order valence-corrected chi connectivity index (χ0v) is 8.10. The van der Waals surface area contributed by atoms with Crippen molar-refractivity contribution < 1.29 is 14.7 Å². The van der Waals surface area contributed by atoms with E-state index in [1.165, 1.54) is 18.5 Å². The van der Waals surface area contributed by atoms with E-state index in [0.29, 0.717) is 5.69 Å². The summed E-state index contributed by atoms with van der Waals surface area (Å²) in [5.41, 5.74) is 5.37. The Labute approximate surface area is 86.1 Å². The molecule has 1 atom stereocenters. The predicted molar refractivity (Wildman–Crippen MR) is 53.5 cm³/mol. The van der Waals surface area contributed by atoms with Gasteiger partial charge >= 0.3 is 5.97 Å². The van der Waals surface area contributed by atoms with Crippen molar-refractivity contribution in [3.8, 4) is 0 Å². The third-order valence-electron chi connectivity index (χ3n) is 1.85. The number of primary amides is 1. The van der Waals surface area contributed by atoms with Gasteiger partial charge in [-0.15, -0.1) is 0 Å². The fourth-order valence-electron chi connectivity index (χ4n) is 0.995. The summed E-state index contributed by atoms with van der Waals surface area (Å²) in [5.74, 6) is -1.66. The number of pyridine rings is 1. The maximum Gasteiger partial charge on any atom is 0.339 e. The van der Waals surface area contributed by atoms with Gasteiger partial charge in [0.2, 0.25) is 5.91 Å². The lowest BCUT2D eigenvalue weighted by Gasteiger charge is -2.12. The van der Waals surface area contributed by atoms with Crippen LogP contribution in [0.2, 0.25) is 0 Å². The second kappa shape index (κ2) is 4.41. The molecule has 0 radical (unpaired) electrons. The summed E-state index contributed by atoms with van der Waals surface area (Å²) in [7, 11) is 0. The molecule has 4 N–H and O–H groups in total. The Bertz CT molecular complexity index is 392. The molecule has 1 rings (SSSR count). The summed E-state index contributed by atoms with van der Waals surface area (Å²) in [6.45, 7) is 1.55. The fraction of sp³-hybridized carbons (Fsp3) is 0.222. The largest absolute Gasteiger partial charge is 0.478 e. The third kappa shape index (κ3) is 2.67. The molecule has 15 heavy (non-hydrogen) atoms. The van der Waals surface area contributed by atoms with E-state index in [1.54, 1.807) is 6.92 Å². The molecule has 1 unspecified atom stereocenters. The zero-order chi connectivity index (χ0) is 11.4. The molecule has 6 nitrogen and oxygen atoms in total. The van der Waals surface area contributed by atoms with E-state index < -0.39 is 17.9 Å². The van der Waals surface area contributed by atoms with Gasteiger partial charge in [-0.2, -0.15) is 0 Å². The van der Waals surface area contributed by atoms with Gasteiger partial charge in [-0.25, -0.2) is 4.79 Å². The van der Waals surface area contributed by atoms with Crippen LogP contribution in [-0.4, -0.2) is 28.0 Å². The highest BCUT2D eigenvalue weighted by atomic mass is 16.4. The molecule has 0 saturated heterocycles. The number of amides is 1. The smallest absolute Gasteiger partial charge is 0.339 e. The Morgan fingerprint density at radius 3 is 2.80 bits per heavy atom. The highest BCUT2D eigenvalue weighted by Crippen LogP contribution is 2.14. The van der Waals surface area contributed by atoms with Crippen molar-refractivity contribution in [2.75, 3.05) is 5.32 Å². The molecular formula is C9H11N3O3. The van der Waals surface area contributed by atoms with Crippen LogP contribution in [0.1, 0.15) is 17.3 Å². The predicted octanol–water partition coefficient (Wildman–Crippen LogP) is 0.0655. The van der Waals surface area contributed by atoms with Gasteiger partial charge in [0, 0.05) is 12.4 Å². The lowest BCUT2D eigenvalue weighted by molar-refractivity contribution is -0.118. The van der Waals surface area contributed by atoms with Crippen LogP contribution in [0.3, 0.4) is 0 Å². The summed E-state index contributed by atoms with van der Waals surface area (Å²) >= 11 is 0. The van der Waals surface area contributed by atoms with Gasteiger partial charge < -0.3 is 16.2 Å². The van der Waals surface area contributed by atoms with Gasteiger partial charge in [0.05, 0.1) is 5.69 Å². The Balaban J connectivity index is 2.94. The van der Waals surface area contributed by atoms with Crippen molar-refractivity contribution in [3.63, 3.8) is 0 Å². The molecule has 0 aliphatic heterocycles. The lowest BCUT2D eigenvalue weighted by atomic mass is 10.2. The fourth-order valence-corrected chi connectivity index (χ4v) is 0.995. The molecule has 0 bridgehead atoms. The Hall–Kier alpha value is -2.11. The summed E-state index contributed by atoms with van der Waals surface area (Å²) in [5, 5.41) is 11.5. The van der Waals surface area contributed by atoms with Gasteiger partial charge in [0.25, 0.3) is 0 Å². The quantitative estimate of drug-likeness (QED) is 0.650. The number of nitrogens with two attached hydrogens (primary N) is 1. The molecule has 1 heterocycles. The molecule has 0 saturated carbocycles. The minimum atomic E-state index is -1.11. The van der Waals surface area contributed by atoms with E-state index in [2.05, 4.69) is 10.3 Å². The zero-order valence-electron chi connectivity index (χ0n) is 8.10. The number of aromatic nitrogens is 1. The number of carbonyl (C=O) groups excluding carboxylic acids is 1. The first-order valence-electron chi connectivity index (χ1n) is 4.25. The van der Waals surface area contributed by atoms with Crippen LogP contribution >= 0.6 is 0 Å². The van der Waals surface area contributed by atoms with Crippen molar-refractivity contribution in [2.24, 2.45) is 5.73 Å². The minimum Gasteiger partial charge on any atom is -0.478 e. The maximum atomic E-state index is 10.8. The molecular weight excluding hydrogens is 198 g/mol. The molecule has 0 fully saturated rings. The number of hydrogen-bond donors (Lipinski definition) is 3. The molecule has 80 valence electrons. The summed E-state index contributed by atoms with van der Waals surface area (Å²) in [6.07, 6.45) is 2.64. The lowest BCUT2D eigenvalue weighted by Crippen LogP contribution is -2.33. The number of carboxylic acids is 1. The Morgan fingerprint density at radius 1 is 1.60 bits per heavy atom. The van der Waals surface area contributed by atoms with Gasteiger partial charge in [0.1, 0.15) is 11.6 Å². The molecule has 0 aliphatic rings. The Kier molecular flexibility index (Phi) is 3.22. The molecule has 6 heteroatoms. The molecule has 1 aromatic rings. The van der Waals surface area contributed by atoms with E-state index >= 15 is 0 Å². The van der Waals surface area contributed by atoms with Crippen LogP contribution in [-0.2, 0) is 4.79 Å². The summed E-state index contributed by atoms with van der Waals surface area (Å²) in [6, 6.07) is 0.841. The summed E-state index contributed by atoms with van der Waals surface area (Å²) in [4.78, 5) is 25.2. The molecule has 1 aromatic heterocycles. The number of hydrogen-bond acceptors (Lipinski definition) is 4. The second-order valence-corrected chi connectivity index (χ2v) is 2.99. The van der Waals surface area contributed by atoms with Gasteiger partial charge in [-0.05, 0) is 13.0 Å². The van der Waals surface area contributed by atoms with Crippen molar-refractivity contribution in [2.45, 2.75) is 13.0 Å². The number of nitrogens with zero attached hydrogens (tertiary/aromatic N) is 1. The average Bonchev–Trinajstić information content (AvgIpc) is 2.18. The first kappa shape index (κ1) is 11.0. The van der Waals surface area contributed by atoms with Gasteiger partial charge in [0.15, 0.2) is 0 Å². The minimum absolute atomic E-state index is 0.00519. The number of anilines is 1. The van der Waals surface area contributed by atoms with E-state index in [1.807, 2.05) is 0 Å². The Morgan fingerprint density at radius 2 is 2.27 bits per heavy atom. The normalized spacial score (nSPS) is 11.8. The molecule has 0 spiro atoms. The van der Waals surface area contributed by atoms with Crippen LogP contribution in [0.15, 0.2) is 18.5 Å². The second-order valence-electron chi connectivity index (χ2n) is 2.99.